The fourth-order valence-electron chi connectivity index (χ4n) is 5.35. The summed E-state index contributed by atoms with van der Waals surface area (Å²) in [5.41, 5.74) is 5.39. The van der Waals surface area contributed by atoms with Gasteiger partial charge in [-0.3, -0.25) is 20.2 Å². The monoisotopic (exact) mass is 537 g/mol. The van der Waals surface area contributed by atoms with Crippen LogP contribution in [0.1, 0.15) is 36.4 Å². The summed E-state index contributed by atoms with van der Waals surface area (Å²) >= 11 is 1.49. The predicted octanol–water partition coefficient (Wildman–Crippen LogP) is 7.43. The van der Waals surface area contributed by atoms with Crippen molar-refractivity contribution in [3.63, 3.8) is 0 Å². The summed E-state index contributed by atoms with van der Waals surface area (Å²) < 4.78 is 0. The Balaban J connectivity index is 1.44. The van der Waals surface area contributed by atoms with E-state index >= 15 is 0 Å². The average molecular weight is 538 g/mol. The van der Waals surface area contributed by atoms with Crippen LogP contribution in [-0.2, 0) is 0 Å². The highest BCUT2D eigenvalue weighted by molar-refractivity contribution is 7.14. The summed E-state index contributed by atoms with van der Waals surface area (Å²) in [5, 5.41) is 32.6. The Kier molecular flexibility index (Phi) is 6.45. The molecule has 0 amide bonds. The highest BCUT2D eigenvalue weighted by Gasteiger charge is 2.43. The summed E-state index contributed by atoms with van der Waals surface area (Å²) in [4.78, 5) is 27.0. The second-order valence-electron chi connectivity index (χ2n) is 9.53. The van der Waals surface area contributed by atoms with Crippen LogP contribution in [0.5, 0.6) is 0 Å². The Morgan fingerprint density at radius 2 is 1.67 bits per heavy atom. The van der Waals surface area contributed by atoms with Crippen molar-refractivity contribution < 1.29 is 9.85 Å². The molecule has 9 nitrogen and oxygen atoms in total. The van der Waals surface area contributed by atoms with E-state index in [1.54, 1.807) is 24.3 Å². The molecule has 4 aromatic rings. The summed E-state index contributed by atoms with van der Waals surface area (Å²) in [6.07, 6.45) is 4.55. The van der Waals surface area contributed by atoms with Gasteiger partial charge in [0.1, 0.15) is 0 Å². The lowest BCUT2D eigenvalue weighted by molar-refractivity contribution is -0.385. The molecule has 10 heteroatoms. The number of nitrogens with zero attached hydrogens (tertiary/aromatic N) is 5. The molecule has 0 spiro atoms. The lowest BCUT2D eigenvalue weighted by Gasteiger charge is -2.29. The molecule has 1 aliphatic carbocycles. The molecular formula is C29H23N5O4S. The van der Waals surface area contributed by atoms with Crippen LogP contribution in [0.2, 0.25) is 0 Å². The van der Waals surface area contributed by atoms with Gasteiger partial charge in [0.25, 0.3) is 11.4 Å². The minimum atomic E-state index is -0.397. The van der Waals surface area contributed by atoms with E-state index in [2.05, 4.69) is 0 Å². The van der Waals surface area contributed by atoms with Crippen molar-refractivity contribution in [1.82, 2.24) is 4.98 Å². The van der Waals surface area contributed by atoms with Crippen LogP contribution in [0.3, 0.4) is 0 Å². The molecule has 1 aromatic heterocycles. The number of hydrazone groups is 1. The van der Waals surface area contributed by atoms with Crippen molar-refractivity contribution in [3.05, 3.63) is 121 Å². The number of fused-ring (bicyclic) bond motifs is 1. The van der Waals surface area contributed by atoms with Gasteiger partial charge in [0, 0.05) is 41.1 Å². The number of allylic oxidation sites excluding steroid dienone is 1. The number of non-ortho nitro benzene ring substituents is 2. The Bertz CT molecular complexity index is 1630. The molecule has 1 aliphatic heterocycles. The van der Waals surface area contributed by atoms with Gasteiger partial charge < -0.3 is 0 Å². The zero-order valence-electron chi connectivity index (χ0n) is 20.7. The first kappa shape index (κ1) is 24.6. The van der Waals surface area contributed by atoms with E-state index < -0.39 is 4.92 Å². The topological polar surface area (TPSA) is 115 Å². The lowest BCUT2D eigenvalue weighted by atomic mass is 9.77. The minimum Gasteiger partial charge on any atom is -0.258 e. The molecule has 0 N–H and O–H groups in total. The van der Waals surface area contributed by atoms with Crippen LogP contribution in [0.15, 0.2) is 94.9 Å². The maximum atomic E-state index is 11.6. The van der Waals surface area contributed by atoms with Crippen molar-refractivity contribution in [2.75, 3.05) is 5.01 Å². The largest absolute Gasteiger partial charge is 0.270 e. The Morgan fingerprint density at radius 1 is 0.923 bits per heavy atom. The quantitative estimate of drug-likeness (QED) is 0.187. The molecule has 1 fully saturated rings. The van der Waals surface area contributed by atoms with E-state index in [0.29, 0.717) is 5.13 Å². The van der Waals surface area contributed by atoms with Gasteiger partial charge in [-0.25, -0.2) is 9.99 Å². The fraction of sp³-hybridized carbons (Fsp3) is 0.172. The van der Waals surface area contributed by atoms with E-state index in [4.69, 9.17) is 10.1 Å². The first-order valence-electron chi connectivity index (χ1n) is 12.6. The highest BCUT2D eigenvalue weighted by atomic mass is 32.1. The lowest BCUT2D eigenvalue weighted by Crippen LogP contribution is -2.28. The smallest absolute Gasteiger partial charge is 0.258 e. The number of hydrogen-bond acceptors (Lipinski definition) is 8. The number of anilines is 1. The Labute approximate surface area is 228 Å². The maximum Gasteiger partial charge on any atom is 0.270 e. The molecular weight excluding hydrogens is 514 g/mol. The Morgan fingerprint density at radius 3 is 2.44 bits per heavy atom. The van der Waals surface area contributed by atoms with Gasteiger partial charge in [-0.05, 0) is 42.0 Å². The number of nitro benzene ring substituents is 2. The molecule has 0 unspecified atom stereocenters. The fourth-order valence-corrected chi connectivity index (χ4v) is 6.17. The van der Waals surface area contributed by atoms with Crippen LogP contribution in [0.4, 0.5) is 16.5 Å². The first-order valence-corrected chi connectivity index (χ1v) is 13.4. The number of aromatic nitrogens is 1. The molecule has 6 rings (SSSR count). The van der Waals surface area contributed by atoms with E-state index in [0.717, 1.165) is 52.9 Å². The average Bonchev–Trinajstić information content (AvgIpc) is 3.60. The number of hydrogen-bond donors (Lipinski definition) is 0. The van der Waals surface area contributed by atoms with Crippen LogP contribution >= 0.6 is 11.3 Å². The third-order valence-corrected chi connectivity index (χ3v) is 7.93. The molecule has 39 heavy (non-hydrogen) atoms. The number of rotatable bonds is 6. The Hall–Kier alpha value is -4.70. The molecule has 2 atom stereocenters. The number of benzene rings is 3. The van der Waals surface area contributed by atoms with Crippen LogP contribution in [0.25, 0.3) is 17.3 Å². The molecule has 2 heterocycles. The van der Waals surface area contributed by atoms with E-state index in [1.165, 1.54) is 23.5 Å². The van der Waals surface area contributed by atoms with Gasteiger partial charge in [0.2, 0.25) is 5.13 Å². The molecule has 0 saturated heterocycles. The van der Waals surface area contributed by atoms with Crippen molar-refractivity contribution >= 4 is 39.6 Å². The second kappa shape index (κ2) is 10.2. The van der Waals surface area contributed by atoms with Crippen LogP contribution in [-0.4, -0.2) is 20.5 Å². The van der Waals surface area contributed by atoms with Gasteiger partial charge in [-0.2, -0.15) is 5.10 Å². The van der Waals surface area contributed by atoms with E-state index in [1.807, 2.05) is 58.9 Å². The van der Waals surface area contributed by atoms with Crippen molar-refractivity contribution in [2.24, 2.45) is 11.0 Å². The molecule has 0 bridgehead atoms. The van der Waals surface area contributed by atoms with Crippen molar-refractivity contribution in [1.29, 1.82) is 0 Å². The summed E-state index contributed by atoms with van der Waals surface area (Å²) in [5.74, 6) is -0.00484. The van der Waals surface area contributed by atoms with Gasteiger partial charge in [-0.1, -0.05) is 54.6 Å². The molecule has 2 aliphatic rings. The molecule has 3 aromatic carbocycles. The second-order valence-corrected chi connectivity index (χ2v) is 10.4. The van der Waals surface area contributed by atoms with Crippen molar-refractivity contribution in [3.8, 4) is 11.3 Å². The maximum absolute atomic E-state index is 11.6. The normalized spacial score (nSPS) is 19.5. The molecule has 194 valence electrons. The molecule has 0 radical (unpaired) electrons. The summed E-state index contributed by atoms with van der Waals surface area (Å²) in [6.45, 7) is 0. The molecule has 1 saturated carbocycles. The standard InChI is InChI=1S/C29H23N5O4S/c35-33(36)23-12-4-7-19(16-23)15-21-10-6-14-25-27(21)31-32(28(25)22-11-5-13-24(17-22)34(37)38)29-30-26(18-39-29)20-8-2-1-3-9-20/h1-5,7-9,11-13,15-18,25,28H,6,10,14H2/t25-,28+/m1/s1. The number of thiazole rings is 1. The first-order chi connectivity index (χ1) is 19.0. The minimum absolute atomic E-state index is 0.00484. The predicted molar refractivity (Wildman–Crippen MR) is 152 cm³/mol. The summed E-state index contributed by atoms with van der Waals surface area (Å²) in [6, 6.07) is 23.0. The van der Waals surface area contributed by atoms with E-state index in [9.17, 15) is 20.2 Å². The zero-order valence-corrected chi connectivity index (χ0v) is 21.5. The number of nitro groups is 2. The van der Waals surface area contributed by atoms with Crippen LogP contribution < -0.4 is 5.01 Å². The summed E-state index contributed by atoms with van der Waals surface area (Å²) in [7, 11) is 0. The zero-order chi connectivity index (χ0) is 26.9. The third kappa shape index (κ3) is 4.82. The third-order valence-electron chi connectivity index (χ3n) is 7.10. The van der Waals surface area contributed by atoms with Gasteiger partial charge >= 0.3 is 0 Å². The highest BCUT2D eigenvalue weighted by Crippen LogP contribution is 2.47. The van der Waals surface area contributed by atoms with Crippen LogP contribution in [0, 0.1) is 26.1 Å². The van der Waals surface area contributed by atoms with Crippen molar-refractivity contribution in [2.45, 2.75) is 25.3 Å². The SMILES string of the molecule is O=[N+]([O-])c1cccc(C=C2CCC[C@@H]3C2=NN(c2nc(-c4ccccc4)cs2)[C@H]3c2cccc([N+](=O)[O-])c2)c1. The van der Waals surface area contributed by atoms with E-state index in [-0.39, 0.29) is 28.3 Å². The van der Waals surface area contributed by atoms with Gasteiger partial charge in [-0.15, -0.1) is 11.3 Å². The van der Waals surface area contributed by atoms with Gasteiger partial charge in [0.05, 0.1) is 27.3 Å². The van der Waals surface area contributed by atoms with Gasteiger partial charge in [0.15, 0.2) is 0 Å².